The van der Waals surface area contributed by atoms with Gasteiger partial charge in [0, 0.05) is 44.7 Å². The minimum atomic E-state index is 0.0791. The summed E-state index contributed by atoms with van der Waals surface area (Å²) in [7, 11) is 2.22. The predicted octanol–water partition coefficient (Wildman–Crippen LogP) is 2.82. The number of carbonyl (C=O) groups excluding carboxylic acids is 1. The van der Waals surface area contributed by atoms with Crippen molar-refractivity contribution in [2.45, 2.75) is 31.7 Å². The molecule has 3 heterocycles. The van der Waals surface area contributed by atoms with Crippen LogP contribution in [0.1, 0.15) is 26.2 Å². The lowest BCUT2D eigenvalue weighted by Gasteiger charge is -2.49. The fraction of sp³-hybridized carbons (Fsp3) is 0.579. The number of fused-ring (bicyclic) bond motifs is 1. The summed E-state index contributed by atoms with van der Waals surface area (Å²) in [6.45, 7) is 6.76. The van der Waals surface area contributed by atoms with Crippen LogP contribution in [-0.4, -0.2) is 66.0 Å². The summed E-state index contributed by atoms with van der Waals surface area (Å²) in [5.74, 6) is 0.310. The number of hydrogen-bond donors (Lipinski definition) is 0. The van der Waals surface area contributed by atoms with Gasteiger partial charge in [0.2, 0.25) is 5.91 Å². The lowest BCUT2D eigenvalue weighted by Crippen LogP contribution is -2.61. The molecule has 2 aromatic rings. The van der Waals surface area contributed by atoms with Crippen LogP contribution in [-0.2, 0) is 4.79 Å². The fourth-order valence-electron chi connectivity index (χ4n) is 4.19. The van der Waals surface area contributed by atoms with Crippen molar-refractivity contribution in [3.63, 3.8) is 0 Å². The number of likely N-dealkylation sites (N-methyl/N-ethyl adjacent to an activating group) is 1. The molecule has 1 aromatic heterocycles. The second-order valence-electron chi connectivity index (χ2n) is 7.26. The highest BCUT2D eigenvalue weighted by Crippen LogP contribution is 2.36. The van der Waals surface area contributed by atoms with Gasteiger partial charge >= 0.3 is 0 Å². The number of nitrogens with zero attached hydrogens (tertiary/aromatic N) is 4. The Morgan fingerprint density at radius 1 is 1.20 bits per heavy atom. The van der Waals surface area contributed by atoms with Crippen molar-refractivity contribution >= 4 is 32.6 Å². The first-order valence-electron chi connectivity index (χ1n) is 9.21. The maximum Gasteiger partial charge on any atom is 0.222 e. The monoisotopic (exact) mass is 358 g/mol. The maximum absolute atomic E-state index is 12.3. The van der Waals surface area contributed by atoms with Crippen LogP contribution in [0.3, 0.4) is 0 Å². The van der Waals surface area contributed by atoms with Gasteiger partial charge in [-0.15, -0.1) is 0 Å². The van der Waals surface area contributed by atoms with Gasteiger partial charge < -0.3 is 9.80 Å². The molecule has 1 atom stereocenters. The van der Waals surface area contributed by atoms with E-state index in [1.807, 2.05) is 11.0 Å². The van der Waals surface area contributed by atoms with Crippen molar-refractivity contribution in [1.29, 1.82) is 0 Å². The highest BCUT2D eigenvalue weighted by Gasteiger charge is 2.42. The average molecular weight is 359 g/mol. The third kappa shape index (κ3) is 3.02. The molecule has 0 bridgehead atoms. The van der Waals surface area contributed by atoms with Gasteiger partial charge in [0.15, 0.2) is 5.13 Å². The largest absolute Gasteiger partial charge is 0.345 e. The number of piperazine rings is 1. The molecule has 2 aliphatic heterocycles. The number of para-hydroxylation sites is 1. The number of thiazole rings is 1. The summed E-state index contributed by atoms with van der Waals surface area (Å²) < 4.78 is 1.25. The van der Waals surface area contributed by atoms with Crippen molar-refractivity contribution in [3.8, 4) is 0 Å². The van der Waals surface area contributed by atoms with E-state index in [2.05, 4.69) is 42.0 Å². The molecule has 4 rings (SSSR count). The number of likely N-dealkylation sites (tertiary alicyclic amines) is 1. The summed E-state index contributed by atoms with van der Waals surface area (Å²) in [6, 6.07) is 8.36. The summed E-state index contributed by atoms with van der Waals surface area (Å²) in [6.07, 6.45) is 2.65. The Morgan fingerprint density at radius 2 is 2.04 bits per heavy atom. The van der Waals surface area contributed by atoms with Gasteiger partial charge in [-0.25, -0.2) is 4.98 Å². The Labute approximate surface area is 153 Å². The number of anilines is 1. The maximum atomic E-state index is 12.3. The molecule has 2 saturated heterocycles. The Balaban J connectivity index is 1.59. The van der Waals surface area contributed by atoms with E-state index in [1.54, 1.807) is 11.3 Å². The van der Waals surface area contributed by atoms with E-state index in [-0.39, 0.29) is 5.54 Å². The van der Waals surface area contributed by atoms with E-state index in [1.165, 1.54) is 4.70 Å². The van der Waals surface area contributed by atoms with Crippen molar-refractivity contribution in [2.75, 3.05) is 44.7 Å². The third-order valence-corrected chi connectivity index (χ3v) is 7.04. The zero-order chi connectivity index (χ0) is 17.4. The number of rotatable bonds is 2. The van der Waals surface area contributed by atoms with Crippen LogP contribution < -0.4 is 4.90 Å². The molecule has 0 radical (unpaired) electrons. The molecule has 2 fully saturated rings. The highest BCUT2D eigenvalue weighted by atomic mass is 32.1. The Hall–Kier alpha value is -1.66. The predicted molar refractivity (Wildman–Crippen MR) is 103 cm³/mol. The van der Waals surface area contributed by atoms with Crippen LogP contribution in [0.15, 0.2) is 24.3 Å². The van der Waals surface area contributed by atoms with Crippen molar-refractivity contribution < 1.29 is 4.79 Å². The molecule has 6 heteroatoms. The Bertz CT molecular complexity index is 743. The molecular formula is C19H26N4OS. The Kier molecular flexibility index (Phi) is 4.41. The zero-order valence-electron chi connectivity index (χ0n) is 15.1. The third-order valence-electron chi connectivity index (χ3n) is 5.94. The molecular weight excluding hydrogens is 332 g/mol. The van der Waals surface area contributed by atoms with Gasteiger partial charge in [-0.05, 0) is 38.9 Å². The quantitative estimate of drug-likeness (QED) is 0.828. The van der Waals surface area contributed by atoms with Crippen LogP contribution >= 0.6 is 11.3 Å². The van der Waals surface area contributed by atoms with Crippen LogP contribution in [0.4, 0.5) is 5.13 Å². The van der Waals surface area contributed by atoms with Gasteiger partial charge in [-0.1, -0.05) is 23.5 Å². The summed E-state index contributed by atoms with van der Waals surface area (Å²) in [4.78, 5) is 24.1. The molecule has 1 aromatic carbocycles. The van der Waals surface area contributed by atoms with E-state index < -0.39 is 0 Å². The minimum absolute atomic E-state index is 0.0791. The van der Waals surface area contributed by atoms with E-state index in [0.717, 1.165) is 56.2 Å². The number of benzene rings is 1. The number of aromatic nitrogens is 1. The minimum Gasteiger partial charge on any atom is -0.345 e. The second-order valence-corrected chi connectivity index (χ2v) is 8.26. The molecule has 0 aliphatic carbocycles. The number of amides is 1. The van der Waals surface area contributed by atoms with E-state index >= 15 is 0 Å². The molecule has 5 nitrogen and oxygen atoms in total. The molecule has 2 aliphatic rings. The van der Waals surface area contributed by atoms with Gasteiger partial charge in [0.05, 0.1) is 10.2 Å². The molecule has 1 amide bonds. The van der Waals surface area contributed by atoms with Crippen LogP contribution in [0.25, 0.3) is 10.2 Å². The summed E-state index contributed by atoms with van der Waals surface area (Å²) in [5.41, 5.74) is 1.17. The molecule has 134 valence electrons. The fourth-order valence-corrected chi connectivity index (χ4v) is 5.18. The van der Waals surface area contributed by atoms with Crippen molar-refractivity contribution in [2.24, 2.45) is 0 Å². The van der Waals surface area contributed by atoms with Crippen LogP contribution in [0.2, 0.25) is 0 Å². The van der Waals surface area contributed by atoms with Crippen LogP contribution in [0, 0.1) is 0 Å². The van der Waals surface area contributed by atoms with E-state index in [9.17, 15) is 4.79 Å². The zero-order valence-corrected chi connectivity index (χ0v) is 15.9. The first-order chi connectivity index (χ1) is 12.1. The lowest BCUT2D eigenvalue weighted by molar-refractivity contribution is -0.130. The average Bonchev–Trinajstić information content (AvgIpc) is 2.99. The molecule has 0 saturated carbocycles. The Morgan fingerprint density at radius 3 is 2.84 bits per heavy atom. The van der Waals surface area contributed by atoms with E-state index in [0.29, 0.717) is 12.3 Å². The molecule has 25 heavy (non-hydrogen) atoms. The summed E-state index contributed by atoms with van der Waals surface area (Å²) in [5, 5.41) is 1.12. The first-order valence-corrected chi connectivity index (χ1v) is 10.0. The smallest absolute Gasteiger partial charge is 0.222 e. The second kappa shape index (κ2) is 6.57. The van der Waals surface area contributed by atoms with Crippen molar-refractivity contribution in [1.82, 2.24) is 14.8 Å². The lowest BCUT2D eigenvalue weighted by atomic mass is 9.86. The highest BCUT2D eigenvalue weighted by molar-refractivity contribution is 7.22. The molecule has 1 spiro atoms. The topological polar surface area (TPSA) is 39.7 Å². The van der Waals surface area contributed by atoms with E-state index in [4.69, 9.17) is 4.98 Å². The summed E-state index contributed by atoms with van der Waals surface area (Å²) >= 11 is 1.78. The van der Waals surface area contributed by atoms with Crippen LogP contribution in [0.5, 0.6) is 0 Å². The standard InChI is InChI=1S/C19H26N4OS/c1-3-22-11-10-19(9-8-17(22)24)14-23(13-12-21(19)2)18-20-15-6-4-5-7-16(15)25-18/h4-7H,3,8-14H2,1-2H3/t19-/m0/s1. The first kappa shape index (κ1) is 16.8. The number of carbonyl (C=O) groups is 1. The SMILES string of the molecule is CCN1CC[C@@]2(CCC1=O)CN(c1nc3ccccc3s1)CCN2C. The molecule has 0 N–H and O–H groups in total. The van der Waals surface area contributed by atoms with Crippen molar-refractivity contribution in [3.05, 3.63) is 24.3 Å². The van der Waals surface area contributed by atoms with Gasteiger partial charge in [-0.2, -0.15) is 0 Å². The normalized spacial score (nSPS) is 25.8. The van der Waals surface area contributed by atoms with Gasteiger partial charge in [0.25, 0.3) is 0 Å². The molecule has 0 unspecified atom stereocenters. The number of hydrogen-bond acceptors (Lipinski definition) is 5. The van der Waals surface area contributed by atoms with Gasteiger partial charge in [-0.3, -0.25) is 9.69 Å². The van der Waals surface area contributed by atoms with Gasteiger partial charge in [0.1, 0.15) is 0 Å².